The summed E-state index contributed by atoms with van der Waals surface area (Å²) >= 11 is 0. The van der Waals surface area contributed by atoms with Crippen LogP contribution in [-0.4, -0.2) is 10.1 Å². The third kappa shape index (κ3) is 4.35. The number of nitrogens with zero attached hydrogens (tertiary/aromatic N) is 2. The van der Waals surface area contributed by atoms with Crippen LogP contribution < -0.4 is 9.47 Å². The fraction of sp³-hybridized carbons (Fsp3) is 0.263. The van der Waals surface area contributed by atoms with E-state index in [9.17, 15) is 0 Å². The Kier molecular flexibility index (Phi) is 5.11. The summed E-state index contributed by atoms with van der Waals surface area (Å²) in [5.41, 5.74) is 1.14. The molecule has 1 heterocycles. The lowest BCUT2D eigenvalue weighted by molar-refractivity contribution is 0.282. The van der Waals surface area contributed by atoms with E-state index in [2.05, 4.69) is 10.1 Å². The molecule has 0 fully saturated rings. The normalized spacial score (nSPS) is 10.8. The van der Waals surface area contributed by atoms with Crippen LogP contribution in [0.2, 0.25) is 0 Å². The van der Waals surface area contributed by atoms with Crippen LogP contribution in [0, 0.1) is 0 Å². The molecule has 2 aromatic carbocycles. The van der Waals surface area contributed by atoms with Crippen molar-refractivity contribution < 1.29 is 14.0 Å². The zero-order chi connectivity index (χ0) is 16.8. The molecule has 0 amide bonds. The number of benzene rings is 2. The van der Waals surface area contributed by atoms with Gasteiger partial charge in [-0.15, -0.1) is 0 Å². The number of hydrogen-bond acceptors (Lipinski definition) is 5. The van der Waals surface area contributed by atoms with Crippen LogP contribution in [0.3, 0.4) is 0 Å². The Balaban J connectivity index is 1.50. The van der Waals surface area contributed by atoms with Crippen molar-refractivity contribution in [2.24, 2.45) is 0 Å². The second-order valence-corrected chi connectivity index (χ2v) is 5.74. The first-order valence-corrected chi connectivity index (χ1v) is 7.93. The molecule has 0 spiro atoms. The van der Waals surface area contributed by atoms with Crippen LogP contribution in [0.4, 0.5) is 0 Å². The summed E-state index contributed by atoms with van der Waals surface area (Å²) in [6.45, 7) is 4.83. The van der Waals surface area contributed by atoms with Crippen LogP contribution in [0.25, 0.3) is 0 Å². The molecule has 0 saturated heterocycles. The zero-order valence-corrected chi connectivity index (χ0v) is 13.8. The van der Waals surface area contributed by atoms with Crippen molar-refractivity contribution in [3.05, 3.63) is 71.9 Å². The minimum atomic E-state index is 0.215. The third-order valence-corrected chi connectivity index (χ3v) is 3.42. The maximum atomic E-state index is 5.74. The highest BCUT2D eigenvalue weighted by Crippen LogP contribution is 2.20. The Morgan fingerprint density at radius 3 is 2.08 bits per heavy atom. The van der Waals surface area contributed by atoms with Gasteiger partial charge in [-0.1, -0.05) is 49.3 Å². The second-order valence-electron chi connectivity index (χ2n) is 5.74. The van der Waals surface area contributed by atoms with E-state index in [1.165, 1.54) is 0 Å². The third-order valence-electron chi connectivity index (χ3n) is 3.42. The topological polar surface area (TPSA) is 57.4 Å². The average molecular weight is 324 g/mol. The van der Waals surface area contributed by atoms with Crippen molar-refractivity contribution in [3.63, 3.8) is 0 Å². The molecule has 3 aromatic rings. The van der Waals surface area contributed by atoms with Gasteiger partial charge in [0.2, 0.25) is 11.7 Å². The van der Waals surface area contributed by atoms with Crippen molar-refractivity contribution in [1.82, 2.24) is 10.1 Å². The molecule has 0 radical (unpaired) electrons. The second kappa shape index (κ2) is 7.64. The molecule has 0 bridgehead atoms. The molecule has 0 aliphatic rings. The molecule has 24 heavy (non-hydrogen) atoms. The summed E-state index contributed by atoms with van der Waals surface area (Å²) in [6.07, 6.45) is 0. The standard InChI is InChI=1S/C19H20N2O3/c1-14(2)19-20-18(21-24-19)13-23-17-10-8-16(9-11-17)22-12-15-6-4-3-5-7-15/h3-11,14H,12-13H2,1-2H3. The van der Waals surface area contributed by atoms with Crippen molar-refractivity contribution >= 4 is 0 Å². The molecular formula is C19H20N2O3. The molecule has 124 valence electrons. The van der Waals surface area contributed by atoms with Gasteiger partial charge in [0.15, 0.2) is 6.61 Å². The molecule has 5 nitrogen and oxygen atoms in total. The van der Waals surface area contributed by atoms with Crippen LogP contribution in [0.15, 0.2) is 59.1 Å². The van der Waals surface area contributed by atoms with Crippen molar-refractivity contribution in [3.8, 4) is 11.5 Å². The Labute approximate surface area is 141 Å². The number of hydrogen-bond donors (Lipinski definition) is 0. The lowest BCUT2D eigenvalue weighted by Gasteiger charge is -2.08. The average Bonchev–Trinajstić information content (AvgIpc) is 3.09. The van der Waals surface area contributed by atoms with Gasteiger partial charge >= 0.3 is 0 Å². The summed E-state index contributed by atoms with van der Waals surface area (Å²) < 4.78 is 16.6. The minimum absolute atomic E-state index is 0.215. The van der Waals surface area contributed by atoms with E-state index >= 15 is 0 Å². The van der Waals surface area contributed by atoms with Gasteiger partial charge < -0.3 is 14.0 Å². The summed E-state index contributed by atoms with van der Waals surface area (Å²) in [5.74, 6) is 2.92. The SMILES string of the molecule is CC(C)c1nc(COc2ccc(OCc3ccccc3)cc2)no1. The summed E-state index contributed by atoms with van der Waals surface area (Å²) in [4.78, 5) is 4.28. The largest absolute Gasteiger partial charge is 0.489 e. The maximum absolute atomic E-state index is 5.74. The number of ether oxygens (including phenoxy) is 2. The number of aromatic nitrogens is 2. The summed E-state index contributed by atoms with van der Waals surface area (Å²) in [7, 11) is 0. The van der Waals surface area contributed by atoms with Gasteiger partial charge in [0.1, 0.15) is 18.1 Å². The fourth-order valence-electron chi connectivity index (χ4n) is 2.08. The lowest BCUT2D eigenvalue weighted by Crippen LogP contribution is -1.99. The van der Waals surface area contributed by atoms with Gasteiger partial charge in [-0.25, -0.2) is 0 Å². The lowest BCUT2D eigenvalue weighted by atomic mass is 10.2. The molecule has 0 saturated carbocycles. The molecule has 0 atom stereocenters. The van der Waals surface area contributed by atoms with Crippen LogP contribution in [0.1, 0.15) is 37.0 Å². The first kappa shape index (κ1) is 16.1. The highest BCUT2D eigenvalue weighted by atomic mass is 16.5. The predicted molar refractivity (Wildman–Crippen MR) is 89.9 cm³/mol. The highest BCUT2D eigenvalue weighted by molar-refractivity contribution is 5.31. The van der Waals surface area contributed by atoms with Gasteiger partial charge in [-0.3, -0.25) is 0 Å². The molecule has 0 aliphatic heterocycles. The first-order chi connectivity index (χ1) is 11.7. The molecule has 1 aromatic heterocycles. The van der Waals surface area contributed by atoms with Crippen LogP contribution in [0.5, 0.6) is 11.5 Å². The van der Waals surface area contributed by atoms with E-state index in [0.717, 1.165) is 17.1 Å². The van der Waals surface area contributed by atoms with E-state index in [1.54, 1.807) is 0 Å². The quantitative estimate of drug-likeness (QED) is 0.646. The molecule has 0 N–H and O–H groups in total. The van der Waals surface area contributed by atoms with Gasteiger partial charge in [0, 0.05) is 5.92 Å². The zero-order valence-electron chi connectivity index (χ0n) is 13.8. The van der Waals surface area contributed by atoms with E-state index in [4.69, 9.17) is 14.0 Å². The predicted octanol–water partition coefficient (Wildman–Crippen LogP) is 4.35. The van der Waals surface area contributed by atoms with Crippen molar-refractivity contribution in [2.45, 2.75) is 33.0 Å². The van der Waals surface area contributed by atoms with Crippen molar-refractivity contribution in [1.29, 1.82) is 0 Å². The van der Waals surface area contributed by atoms with E-state index in [0.29, 0.717) is 18.3 Å². The summed E-state index contributed by atoms with van der Waals surface area (Å²) in [6, 6.07) is 17.6. The van der Waals surface area contributed by atoms with Gasteiger partial charge in [-0.2, -0.15) is 4.98 Å². The Morgan fingerprint density at radius 2 is 1.50 bits per heavy atom. The van der Waals surface area contributed by atoms with Crippen LogP contribution >= 0.6 is 0 Å². The smallest absolute Gasteiger partial charge is 0.229 e. The molecule has 0 unspecified atom stereocenters. The number of rotatable bonds is 7. The highest BCUT2D eigenvalue weighted by Gasteiger charge is 2.10. The Hall–Kier alpha value is -2.82. The van der Waals surface area contributed by atoms with Crippen molar-refractivity contribution in [2.75, 3.05) is 0 Å². The summed E-state index contributed by atoms with van der Waals surface area (Å²) in [5, 5.41) is 3.90. The first-order valence-electron chi connectivity index (χ1n) is 7.93. The molecular weight excluding hydrogens is 304 g/mol. The molecule has 3 rings (SSSR count). The maximum Gasteiger partial charge on any atom is 0.229 e. The van der Waals surface area contributed by atoms with Gasteiger partial charge in [0.25, 0.3) is 0 Å². The Bertz CT molecular complexity index is 752. The van der Waals surface area contributed by atoms with E-state index < -0.39 is 0 Å². The minimum Gasteiger partial charge on any atom is -0.489 e. The fourth-order valence-corrected chi connectivity index (χ4v) is 2.08. The van der Waals surface area contributed by atoms with Gasteiger partial charge in [0.05, 0.1) is 0 Å². The van der Waals surface area contributed by atoms with E-state index in [1.807, 2.05) is 68.4 Å². The Morgan fingerprint density at radius 1 is 0.875 bits per heavy atom. The van der Waals surface area contributed by atoms with E-state index in [-0.39, 0.29) is 12.5 Å². The molecule has 5 heteroatoms. The van der Waals surface area contributed by atoms with Crippen LogP contribution in [-0.2, 0) is 13.2 Å². The molecule has 0 aliphatic carbocycles. The van der Waals surface area contributed by atoms with Gasteiger partial charge in [-0.05, 0) is 29.8 Å². The monoisotopic (exact) mass is 324 g/mol.